The lowest BCUT2D eigenvalue weighted by molar-refractivity contribution is -0.383. The smallest absolute Gasteiger partial charge is 0.316 e. The highest BCUT2D eigenvalue weighted by molar-refractivity contribution is 5.79. The van der Waals surface area contributed by atoms with Crippen molar-refractivity contribution in [2.75, 3.05) is 10.7 Å². The molecular formula is C13H14N4O2. The Balaban J connectivity index is 2.39. The molecule has 0 aliphatic heterocycles. The molecule has 0 aromatic heterocycles. The zero-order chi connectivity index (χ0) is 13.8. The van der Waals surface area contributed by atoms with Crippen LogP contribution in [0.3, 0.4) is 0 Å². The summed E-state index contributed by atoms with van der Waals surface area (Å²) in [6.07, 6.45) is 0. The molecule has 2 aromatic carbocycles. The van der Waals surface area contributed by atoms with Gasteiger partial charge in [0.05, 0.1) is 4.92 Å². The number of rotatable bonds is 4. The Morgan fingerprint density at radius 3 is 2.32 bits per heavy atom. The summed E-state index contributed by atoms with van der Waals surface area (Å²) in [5.41, 5.74) is 4.81. The number of nitrogens with two attached hydrogens (primary N) is 1. The third kappa shape index (κ3) is 2.80. The van der Waals surface area contributed by atoms with Gasteiger partial charge in [-0.05, 0) is 31.2 Å². The third-order valence-corrected chi connectivity index (χ3v) is 2.70. The van der Waals surface area contributed by atoms with E-state index < -0.39 is 4.92 Å². The number of nitrogen functional groups attached to an aromatic ring is 1. The van der Waals surface area contributed by atoms with Gasteiger partial charge >= 0.3 is 5.69 Å². The average Bonchev–Trinajstić information content (AvgIpc) is 2.40. The predicted octanol–water partition coefficient (Wildman–Crippen LogP) is 2.93. The molecule has 6 nitrogen and oxygen atoms in total. The molecule has 6 heteroatoms. The van der Waals surface area contributed by atoms with Crippen molar-refractivity contribution in [2.45, 2.75) is 6.92 Å². The number of hydrazine groups is 1. The second kappa shape index (κ2) is 5.36. The van der Waals surface area contributed by atoms with Crippen LogP contribution in [0.4, 0.5) is 22.7 Å². The predicted molar refractivity (Wildman–Crippen MR) is 75.4 cm³/mol. The Morgan fingerprint density at radius 2 is 1.74 bits per heavy atom. The van der Waals surface area contributed by atoms with Crippen LogP contribution in [0.2, 0.25) is 0 Å². The van der Waals surface area contributed by atoms with E-state index in [1.165, 1.54) is 0 Å². The van der Waals surface area contributed by atoms with Crippen molar-refractivity contribution in [3.8, 4) is 0 Å². The first-order chi connectivity index (χ1) is 9.11. The lowest BCUT2D eigenvalue weighted by Crippen LogP contribution is -2.10. The second-order valence-corrected chi connectivity index (χ2v) is 4.09. The lowest BCUT2D eigenvalue weighted by atomic mass is 10.2. The molecule has 0 radical (unpaired) electrons. The summed E-state index contributed by atoms with van der Waals surface area (Å²) < 4.78 is 0. The van der Waals surface area contributed by atoms with Gasteiger partial charge in [-0.3, -0.25) is 16.0 Å². The fraction of sp³-hybridized carbons (Fsp3) is 0.0769. The van der Waals surface area contributed by atoms with Crippen molar-refractivity contribution >= 4 is 22.7 Å². The maximum absolute atomic E-state index is 11.1. The molecular weight excluding hydrogens is 244 g/mol. The number of nitrogens with zero attached hydrogens (tertiary/aromatic N) is 1. The van der Waals surface area contributed by atoms with Crippen molar-refractivity contribution in [2.24, 2.45) is 5.84 Å². The maximum atomic E-state index is 11.1. The van der Waals surface area contributed by atoms with E-state index in [4.69, 9.17) is 5.84 Å². The van der Waals surface area contributed by atoms with E-state index >= 15 is 0 Å². The van der Waals surface area contributed by atoms with Gasteiger partial charge in [0.25, 0.3) is 0 Å². The minimum absolute atomic E-state index is 0.0782. The van der Waals surface area contributed by atoms with E-state index in [1.54, 1.807) is 18.2 Å². The Bertz CT molecular complexity index is 596. The summed E-state index contributed by atoms with van der Waals surface area (Å²) in [6, 6.07) is 12.5. The van der Waals surface area contributed by atoms with Crippen molar-refractivity contribution in [1.29, 1.82) is 0 Å². The standard InChI is InChI=1S/C13H14N4O2/c1-9-5-7-10(8-6-9)15-11-3-2-4-12(16-14)13(11)17(18)19/h2-8,15-16H,14H2,1H3. The topological polar surface area (TPSA) is 93.2 Å². The van der Waals surface area contributed by atoms with Crippen LogP contribution in [0.1, 0.15) is 5.56 Å². The van der Waals surface area contributed by atoms with E-state index in [9.17, 15) is 10.1 Å². The van der Waals surface area contributed by atoms with E-state index in [0.29, 0.717) is 5.69 Å². The number of hydrogen-bond acceptors (Lipinski definition) is 5. The number of para-hydroxylation sites is 1. The summed E-state index contributed by atoms with van der Waals surface area (Å²) in [5, 5.41) is 14.1. The lowest BCUT2D eigenvalue weighted by Gasteiger charge is -2.10. The van der Waals surface area contributed by atoms with Gasteiger partial charge in [-0.2, -0.15) is 0 Å². The Kier molecular flexibility index (Phi) is 3.63. The summed E-state index contributed by atoms with van der Waals surface area (Å²) in [6.45, 7) is 1.98. The molecule has 0 aliphatic rings. The second-order valence-electron chi connectivity index (χ2n) is 4.09. The van der Waals surface area contributed by atoms with Gasteiger partial charge in [-0.15, -0.1) is 0 Å². The molecule has 19 heavy (non-hydrogen) atoms. The maximum Gasteiger partial charge on any atom is 0.316 e. The molecule has 0 saturated carbocycles. The Hall–Kier alpha value is -2.60. The molecule has 0 unspecified atom stereocenters. The van der Waals surface area contributed by atoms with Crippen LogP contribution < -0.4 is 16.6 Å². The first-order valence-corrected chi connectivity index (χ1v) is 5.69. The van der Waals surface area contributed by atoms with Crippen molar-refractivity contribution in [3.05, 3.63) is 58.1 Å². The number of hydrogen-bond donors (Lipinski definition) is 3. The van der Waals surface area contributed by atoms with E-state index in [1.807, 2.05) is 31.2 Å². The van der Waals surface area contributed by atoms with Gasteiger partial charge in [0.2, 0.25) is 0 Å². The van der Waals surface area contributed by atoms with Crippen molar-refractivity contribution < 1.29 is 4.92 Å². The zero-order valence-corrected chi connectivity index (χ0v) is 10.4. The molecule has 4 N–H and O–H groups in total. The van der Waals surface area contributed by atoms with Gasteiger partial charge in [0, 0.05) is 5.69 Å². The van der Waals surface area contributed by atoms with Crippen LogP contribution >= 0.6 is 0 Å². The highest BCUT2D eigenvalue weighted by Crippen LogP contribution is 2.34. The number of nitro benzene ring substituents is 1. The Morgan fingerprint density at radius 1 is 1.11 bits per heavy atom. The number of nitrogens with one attached hydrogen (secondary N) is 2. The van der Waals surface area contributed by atoms with Crippen LogP contribution in [-0.4, -0.2) is 4.92 Å². The van der Waals surface area contributed by atoms with Gasteiger partial charge in [-0.25, -0.2) is 0 Å². The van der Waals surface area contributed by atoms with Crippen LogP contribution in [0, 0.1) is 17.0 Å². The van der Waals surface area contributed by atoms with Crippen molar-refractivity contribution in [1.82, 2.24) is 0 Å². The molecule has 98 valence electrons. The molecule has 0 atom stereocenters. The minimum atomic E-state index is -0.467. The highest BCUT2D eigenvalue weighted by Gasteiger charge is 2.19. The number of nitro groups is 1. The molecule has 0 saturated heterocycles. The summed E-state index contributed by atoms with van der Waals surface area (Å²) in [5.74, 6) is 5.29. The molecule has 0 fully saturated rings. The SMILES string of the molecule is Cc1ccc(Nc2cccc(NN)c2[N+](=O)[O-])cc1. The molecule has 2 aromatic rings. The fourth-order valence-electron chi connectivity index (χ4n) is 1.75. The van der Waals surface area contributed by atoms with Crippen molar-refractivity contribution in [3.63, 3.8) is 0 Å². The summed E-state index contributed by atoms with van der Waals surface area (Å²) >= 11 is 0. The minimum Gasteiger partial charge on any atom is -0.350 e. The van der Waals surface area contributed by atoms with E-state index in [2.05, 4.69) is 10.7 Å². The first-order valence-electron chi connectivity index (χ1n) is 5.69. The quantitative estimate of drug-likeness (QED) is 0.445. The zero-order valence-electron chi connectivity index (χ0n) is 10.4. The average molecular weight is 258 g/mol. The van der Waals surface area contributed by atoms with Crippen LogP contribution in [0.15, 0.2) is 42.5 Å². The normalized spacial score (nSPS) is 10.0. The number of anilines is 3. The van der Waals surface area contributed by atoms with Crippen LogP contribution in [0.5, 0.6) is 0 Å². The molecule has 0 spiro atoms. The van der Waals surface area contributed by atoms with Crippen LogP contribution in [0.25, 0.3) is 0 Å². The largest absolute Gasteiger partial charge is 0.350 e. The van der Waals surface area contributed by atoms with E-state index in [0.717, 1.165) is 11.3 Å². The summed E-state index contributed by atoms with van der Waals surface area (Å²) in [4.78, 5) is 10.6. The number of aryl methyl sites for hydroxylation is 1. The Labute approximate surface area is 110 Å². The monoisotopic (exact) mass is 258 g/mol. The van der Waals surface area contributed by atoms with Gasteiger partial charge < -0.3 is 10.7 Å². The third-order valence-electron chi connectivity index (χ3n) is 2.70. The summed E-state index contributed by atoms with van der Waals surface area (Å²) in [7, 11) is 0. The number of benzene rings is 2. The molecule has 0 bridgehead atoms. The van der Waals surface area contributed by atoms with Gasteiger partial charge in [0.15, 0.2) is 0 Å². The van der Waals surface area contributed by atoms with Gasteiger partial charge in [0.1, 0.15) is 11.4 Å². The molecule has 0 heterocycles. The van der Waals surface area contributed by atoms with Crippen LogP contribution in [-0.2, 0) is 0 Å². The molecule has 0 amide bonds. The van der Waals surface area contributed by atoms with E-state index in [-0.39, 0.29) is 11.4 Å². The molecule has 0 aliphatic carbocycles. The fourth-order valence-corrected chi connectivity index (χ4v) is 1.75. The van der Waals surface area contributed by atoms with Gasteiger partial charge in [-0.1, -0.05) is 23.8 Å². The molecule has 2 rings (SSSR count). The first kappa shape index (κ1) is 12.8. The highest BCUT2D eigenvalue weighted by atomic mass is 16.6.